The first-order valence-electron chi connectivity index (χ1n) is 9.73. The third-order valence-corrected chi connectivity index (χ3v) is 4.67. The predicted molar refractivity (Wildman–Crippen MR) is 103 cm³/mol. The minimum absolute atomic E-state index is 0.0216. The van der Waals surface area contributed by atoms with Gasteiger partial charge in [-0.15, -0.1) is 0 Å². The number of hydrogen-bond acceptors (Lipinski definition) is 3. The van der Waals surface area contributed by atoms with E-state index in [4.69, 9.17) is 4.74 Å². The average molecular weight is 360 g/mol. The lowest BCUT2D eigenvalue weighted by molar-refractivity contribution is -0.133. The number of ether oxygens (including phenoxy) is 1. The van der Waals surface area contributed by atoms with Gasteiger partial charge in [-0.2, -0.15) is 0 Å². The van der Waals surface area contributed by atoms with Gasteiger partial charge < -0.3 is 15.0 Å². The summed E-state index contributed by atoms with van der Waals surface area (Å²) in [7, 11) is 0. The number of nitrogens with zero attached hydrogens (tertiary/aromatic N) is 1. The number of rotatable bonds is 8. The van der Waals surface area contributed by atoms with Crippen LogP contribution >= 0.6 is 0 Å². The maximum absolute atomic E-state index is 12.4. The Kier molecular flexibility index (Phi) is 8.62. The molecule has 1 aliphatic rings. The summed E-state index contributed by atoms with van der Waals surface area (Å²) in [4.78, 5) is 26.5. The van der Waals surface area contributed by atoms with Crippen LogP contribution in [0.25, 0.3) is 0 Å². The zero-order valence-corrected chi connectivity index (χ0v) is 16.1. The van der Waals surface area contributed by atoms with Gasteiger partial charge in [0.05, 0.1) is 6.61 Å². The number of carbonyl (C=O) groups excluding carboxylic acids is 2. The van der Waals surface area contributed by atoms with Gasteiger partial charge in [-0.05, 0) is 37.2 Å². The SMILES string of the molecule is CC(C)CCC(=O)N1CCCC[C@@H](NC(=O)COCc2ccccc2)C1. The lowest BCUT2D eigenvalue weighted by atomic mass is 10.1. The van der Waals surface area contributed by atoms with Crippen molar-refractivity contribution in [3.8, 4) is 0 Å². The van der Waals surface area contributed by atoms with E-state index in [1.165, 1.54) is 0 Å². The predicted octanol–water partition coefficient (Wildman–Crippen LogP) is 3.14. The van der Waals surface area contributed by atoms with Crippen molar-refractivity contribution in [2.24, 2.45) is 5.92 Å². The lowest BCUT2D eigenvalue weighted by Crippen LogP contribution is -2.45. The molecule has 0 aromatic heterocycles. The lowest BCUT2D eigenvalue weighted by Gasteiger charge is -2.25. The summed E-state index contributed by atoms with van der Waals surface area (Å²) in [5, 5.41) is 3.04. The highest BCUT2D eigenvalue weighted by Crippen LogP contribution is 2.14. The van der Waals surface area contributed by atoms with Crippen molar-refractivity contribution in [3.05, 3.63) is 35.9 Å². The maximum Gasteiger partial charge on any atom is 0.246 e. The minimum Gasteiger partial charge on any atom is -0.367 e. The van der Waals surface area contributed by atoms with Crippen LogP contribution < -0.4 is 5.32 Å². The highest BCUT2D eigenvalue weighted by molar-refractivity contribution is 5.78. The molecule has 5 heteroatoms. The second-order valence-electron chi connectivity index (χ2n) is 7.51. The molecule has 0 spiro atoms. The molecule has 144 valence electrons. The van der Waals surface area contributed by atoms with Crippen LogP contribution in [0, 0.1) is 5.92 Å². The third-order valence-electron chi connectivity index (χ3n) is 4.67. The highest BCUT2D eigenvalue weighted by Gasteiger charge is 2.23. The van der Waals surface area contributed by atoms with Crippen LogP contribution in [0.5, 0.6) is 0 Å². The van der Waals surface area contributed by atoms with Gasteiger partial charge in [0.15, 0.2) is 0 Å². The largest absolute Gasteiger partial charge is 0.367 e. The number of carbonyl (C=O) groups is 2. The molecule has 0 saturated carbocycles. The van der Waals surface area contributed by atoms with E-state index in [1.54, 1.807) is 0 Å². The zero-order valence-electron chi connectivity index (χ0n) is 16.1. The summed E-state index contributed by atoms with van der Waals surface area (Å²) in [6, 6.07) is 9.84. The average Bonchev–Trinajstić information content (AvgIpc) is 2.86. The Morgan fingerprint density at radius 2 is 2.00 bits per heavy atom. The summed E-state index contributed by atoms with van der Waals surface area (Å²) in [5.74, 6) is 0.630. The Morgan fingerprint density at radius 3 is 2.73 bits per heavy atom. The molecular weight excluding hydrogens is 328 g/mol. The van der Waals surface area contributed by atoms with Crippen LogP contribution in [0.15, 0.2) is 30.3 Å². The Balaban J connectivity index is 1.74. The first kappa shape index (κ1) is 20.4. The van der Waals surface area contributed by atoms with Crippen LogP contribution in [-0.2, 0) is 20.9 Å². The van der Waals surface area contributed by atoms with Gasteiger partial charge in [0, 0.05) is 25.6 Å². The Labute approximate surface area is 157 Å². The first-order chi connectivity index (χ1) is 12.5. The molecule has 1 atom stereocenters. The monoisotopic (exact) mass is 360 g/mol. The molecule has 1 aliphatic heterocycles. The molecule has 0 bridgehead atoms. The van der Waals surface area contributed by atoms with Crippen LogP contribution in [-0.4, -0.2) is 42.5 Å². The standard InChI is InChI=1S/C21H32N2O3/c1-17(2)11-12-21(25)23-13-7-6-10-19(14-23)22-20(24)16-26-15-18-8-4-3-5-9-18/h3-5,8-9,17,19H,6-7,10-16H2,1-2H3,(H,22,24)/t19-/m1/s1. The topological polar surface area (TPSA) is 58.6 Å². The molecule has 2 rings (SSSR count). The smallest absolute Gasteiger partial charge is 0.246 e. The second-order valence-corrected chi connectivity index (χ2v) is 7.51. The van der Waals surface area contributed by atoms with Gasteiger partial charge in [-0.25, -0.2) is 0 Å². The van der Waals surface area contributed by atoms with E-state index in [2.05, 4.69) is 19.2 Å². The molecule has 5 nitrogen and oxygen atoms in total. The fourth-order valence-electron chi connectivity index (χ4n) is 3.16. The quantitative estimate of drug-likeness (QED) is 0.775. The van der Waals surface area contributed by atoms with Crippen molar-refractivity contribution >= 4 is 11.8 Å². The molecule has 1 fully saturated rings. The number of hydrogen-bond donors (Lipinski definition) is 1. The third kappa shape index (κ3) is 7.56. The molecule has 1 saturated heterocycles. The van der Waals surface area contributed by atoms with Crippen molar-refractivity contribution in [2.45, 2.75) is 58.6 Å². The molecule has 1 aromatic carbocycles. The summed E-state index contributed by atoms with van der Waals surface area (Å²) < 4.78 is 5.50. The number of benzene rings is 1. The van der Waals surface area contributed by atoms with Gasteiger partial charge in [0.1, 0.15) is 6.61 Å². The van der Waals surface area contributed by atoms with Gasteiger partial charge in [-0.3, -0.25) is 9.59 Å². The van der Waals surface area contributed by atoms with E-state index < -0.39 is 0 Å². The molecule has 0 unspecified atom stereocenters. The van der Waals surface area contributed by atoms with Crippen molar-refractivity contribution in [1.82, 2.24) is 10.2 Å². The molecule has 1 N–H and O–H groups in total. The maximum atomic E-state index is 12.4. The number of amides is 2. The first-order valence-corrected chi connectivity index (χ1v) is 9.73. The van der Waals surface area contributed by atoms with Gasteiger partial charge in [0.2, 0.25) is 11.8 Å². The fraction of sp³-hybridized carbons (Fsp3) is 0.619. The number of nitrogens with one attached hydrogen (secondary N) is 1. The van der Waals surface area contributed by atoms with E-state index in [1.807, 2.05) is 35.2 Å². The van der Waals surface area contributed by atoms with Crippen LogP contribution in [0.1, 0.15) is 51.5 Å². The molecule has 2 amide bonds. The molecular formula is C21H32N2O3. The van der Waals surface area contributed by atoms with Crippen LogP contribution in [0.4, 0.5) is 0 Å². The van der Waals surface area contributed by atoms with Crippen molar-refractivity contribution in [3.63, 3.8) is 0 Å². The minimum atomic E-state index is -0.109. The van der Waals surface area contributed by atoms with Crippen LogP contribution in [0.2, 0.25) is 0 Å². The Bertz CT molecular complexity index is 560. The van der Waals surface area contributed by atoms with Gasteiger partial charge >= 0.3 is 0 Å². The van der Waals surface area contributed by atoms with Crippen molar-refractivity contribution in [1.29, 1.82) is 0 Å². The van der Waals surface area contributed by atoms with Crippen molar-refractivity contribution in [2.75, 3.05) is 19.7 Å². The highest BCUT2D eigenvalue weighted by atomic mass is 16.5. The van der Waals surface area contributed by atoms with E-state index in [0.29, 0.717) is 25.5 Å². The summed E-state index contributed by atoms with van der Waals surface area (Å²) >= 11 is 0. The molecule has 0 radical (unpaired) electrons. The normalized spacial score (nSPS) is 17.8. The van der Waals surface area contributed by atoms with Gasteiger partial charge in [-0.1, -0.05) is 44.2 Å². The van der Waals surface area contributed by atoms with E-state index in [9.17, 15) is 9.59 Å². The summed E-state index contributed by atoms with van der Waals surface area (Å²) in [5.41, 5.74) is 1.05. The molecule has 1 aromatic rings. The van der Waals surface area contributed by atoms with E-state index >= 15 is 0 Å². The molecule has 0 aliphatic carbocycles. The molecule has 1 heterocycles. The van der Waals surface area contributed by atoms with E-state index in [0.717, 1.165) is 37.8 Å². The van der Waals surface area contributed by atoms with Gasteiger partial charge in [0.25, 0.3) is 0 Å². The Hall–Kier alpha value is -1.88. The Morgan fingerprint density at radius 1 is 1.23 bits per heavy atom. The van der Waals surface area contributed by atoms with Crippen molar-refractivity contribution < 1.29 is 14.3 Å². The van der Waals surface area contributed by atoms with E-state index in [-0.39, 0.29) is 24.5 Å². The fourth-order valence-corrected chi connectivity index (χ4v) is 3.16. The zero-order chi connectivity index (χ0) is 18.8. The second kappa shape index (κ2) is 11.0. The summed E-state index contributed by atoms with van der Waals surface area (Å²) in [6.45, 7) is 6.16. The van der Waals surface area contributed by atoms with Crippen LogP contribution in [0.3, 0.4) is 0 Å². The summed E-state index contributed by atoms with van der Waals surface area (Å²) in [6.07, 6.45) is 4.46. The number of likely N-dealkylation sites (tertiary alicyclic amines) is 1. The molecule has 26 heavy (non-hydrogen) atoms.